The molecule has 0 atom stereocenters. The second-order valence-corrected chi connectivity index (χ2v) is 3.93. The van der Waals surface area contributed by atoms with Crippen molar-refractivity contribution in [1.29, 1.82) is 0 Å². The summed E-state index contributed by atoms with van der Waals surface area (Å²) in [5.41, 5.74) is 0.836. The van der Waals surface area contributed by atoms with Crippen molar-refractivity contribution in [2.75, 3.05) is 12.4 Å². The zero-order valence-corrected chi connectivity index (χ0v) is 10.4. The van der Waals surface area contributed by atoms with E-state index in [1.807, 2.05) is 19.2 Å². The third kappa shape index (κ3) is 2.68. The van der Waals surface area contributed by atoms with Crippen LogP contribution in [0.4, 0.5) is 5.69 Å². The largest absolute Gasteiger partial charge is 0.495 e. The minimum Gasteiger partial charge on any atom is -0.495 e. The molecule has 90 valence electrons. The summed E-state index contributed by atoms with van der Waals surface area (Å²) in [6.45, 7) is 0.563. The number of rotatable bonds is 4. The number of nitrogens with zero attached hydrogens (tertiary/aromatic N) is 3. The average molecular weight is 253 g/mol. The summed E-state index contributed by atoms with van der Waals surface area (Å²) >= 11 is 5.94. The Bertz CT molecular complexity index is 512. The number of ether oxygens (including phenoxy) is 1. The molecule has 0 amide bonds. The molecule has 0 aliphatic heterocycles. The first-order valence-corrected chi connectivity index (χ1v) is 5.49. The van der Waals surface area contributed by atoms with Crippen molar-refractivity contribution in [2.24, 2.45) is 7.05 Å². The van der Waals surface area contributed by atoms with Gasteiger partial charge in [0.1, 0.15) is 17.9 Å². The van der Waals surface area contributed by atoms with E-state index in [4.69, 9.17) is 16.3 Å². The first-order valence-electron chi connectivity index (χ1n) is 5.11. The molecule has 0 saturated heterocycles. The van der Waals surface area contributed by atoms with Crippen LogP contribution in [0.5, 0.6) is 5.75 Å². The van der Waals surface area contributed by atoms with Crippen LogP contribution in [-0.4, -0.2) is 21.9 Å². The molecule has 2 aromatic rings. The van der Waals surface area contributed by atoms with E-state index in [2.05, 4.69) is 15.4 Å². The minimum atomic E-state index is 0.563. The Kier molecular flexibility index (Phi) is 3.49. The number of anilines is 1. The van der Waals surface area contributed by atoms with Crippen LogP contribution in [0.15, 0.2) is 24.5 Å². The second-order valence-electron chi connectivity index (χ2n) is 3.50. The van der Waals surface area contributed by atoms with Crippen LogP contribution in [0, 0.1) is 0 Å². The molecule has 0 saturated carbocycles. The Labute approximate surface area is 104 Å². The van der Waals surface area contributed by atoms with E-state index < -0.39 is 0 Å². The quantitative estimate of drug-likeness (QED) is 0.905. The molecule has 2 rings (SSSR count). The summed E-state index contributed by atoms with van der Waals surface area (Å²) in [5, 5.41) is 7.87. The lowest BCUT2D eigenvalue weighted by Gasteiger charge is -2.10. The zero-order valence-electron chi connectivity index (χ0n) is 9.64. The van der Waals surface area contributed by atoms with Gasteiger partial charge in [-0.2, -0.15) is 5.10 Å². The van der Waals surface area contributed by atoms with Crippen molar-refractivity contribution in [2.45, 2.75) is 6.54 Å². The first kappa shape index (κ1) is 11.7. The molecule has 1 aromatic heterocycles. The molecule has 0 spiro atoms. The van der Waals surface area contributed by atoms with Gasteiger partial charge in [-0.3, -0.25) is 4.68 Å². The van der Waals surface area contributed by atoms with Gasteiger partial charge in [-0.1, -0.05) is 11.6 Å². The SMILES string of the molecule is COc1ccc(Cl)cc1NCc1ncnn1C. The highest BCUT2D eigenvalue weighted by atomic mass is 35.5. The zero-order chi connectivity index (χ0) is 12.3. The van der Waals surface area contributed by atoms with Gasteiger partial charge in [-0.25, -0.2) is 4.98 Å². The first-order chi connectivity index (χ1) is 8.20. The summed E-state index contributed by atoms with van der Waals surface area (Å²) in [5.74, 6) is 1.59. The molecule has 1 N–H and O–H groups in total. The van der Waals surface area contributed by atoms with Gasteiger partial charge in [0.2, 0.25) is 0 Å². The van der Waals surface area contributed by atoms with Crippen molar-refractivity contribution >= 4 is 17.3 Å². The van der Waals surface area contributed by atoms with E-state index in [-0.39, 0.29) is 0 Å². The van der Waals surface area contributed by atoms with Gasteiger partial charge in [0, 0.05) is 12.1 Å². The van der Waals surface area contributed by atoms with Crippen molar-refractivity contribution in [3.05, 3.63) is 35.4 Å². The van der Waals surface area contributed by atoms with Gasteiger partial charge >= 0.3 is 0 Å². The number of hydrogen-bond acceptors (Lipinski definition) is 4. The van der Waals surface area contributed by atoms with Crippen molar-refractivity contribution in [3.8, 4) is 5.75 Å². The molecule has 0 fully saturated rings. The maximum Gasteiger partial charge on any atom is 0.145 e. The Morgan fingerprint density at radius 3 is 2.94 bits per heavy atom. The van der Waals surface area contributed by atoms with Crippen LogP contribution in [-0.2, 0) is 13.6 Å². The predicted molar refractivity (Wildman–Crippen MR) is 66.3 cm³/mol. The lowest BCUT2D eigenvalue weighted by molar-refractivity contribution is 0.416. The van der Waals surface area contributed by atoms with Gasteiger partial charge in [-0.15, -0.1) is 0 Å². The Hall–Kier alpha value is -1.75. The predicted octanol–water partition coefficient (Wildman–Crippen LogP) is 2.09. The van der Waals surface area contributed by atoms with E-state index in [1.165, 1.54) is 6.33 Å². The number of aryl methyl sites for hydroxylation is 1. The van der Waals surface area contributed by atoms with Gasteiger partial charge in [-0.05, 0) is 18.2 Å². The minimum absolute atomic E-state index is 0.563. The molecule has 0 bridgehead atoms. The van der Waals surface area contributed by atoms with Crippen LogP contribution in [0.2, 0.25) is 5.02 Å². The molecule has 0 aliphatic carbocycles. The topological polar surface area (TPSA) is 52.0 Å². The van der Waals surface area contributed by atoms with E-state index in [0.29, 0.717) is 11.6 Å². The standard InChI is InChI=1S/C11H13ClN4O/c1-16-11(14-7-15-16)6-13-9-5-8(12)3-4-10(9)17-2/h3-5,7,13H,6H2,1-2H3. The molecule has 0 radical (unpaired) electrons. The molecule has 0 aliphatic rings. The number of hydrogen-bond donors (Lipinski definition) is 1. The van der Waals surface area contributed by atoms with Crippen LogP contribution in [0.3, 0.4) is 0 Å². The number of nitrogens with one attached hydrogen (secondary N) is 1. The van der Waals surface area contributed by atoms with Gasteiger partial charge in [0.25, 0.3) is 0 Å². The number of benzene rings is 1. The third-order valence-corrected chi connectivity index (χ3v) is 2.64. The number of aromatic nitrogens is 3. The Balaban J connectivity index is 2.13. The fourth-order valence-electron chi connectivity index (χ4n) is 1.47. The lowest BCUT2D eigenvalue weighted by Crippen LogP contribution is -2.07. The summed E-state index contributed by atoms with van der Waals surface area (Å²) in [6.07, 6.45) is 1.52. The van der Waals surface area contributed by atoms with Gasteiger partial charge < -0.3 is 10.1 Å². The molecule has 1 aromatic carbocycles. The Morgan fingerprint density at radius 2 is 2.29 bits per heavy atom. The average Bonchev–Trinajstić information content (AvgIpc) is 2.72. The van der Waals surface area contributed by atoms with E-state index in [0.717, 1.165) is 17.3 Å². The van der Waals surface area contributed by atoms with Crippen molar-refractivity contribution in [1.82, 2.24) is 14.8 Å². The summed E-state index contributed by atoms with van der Waals surface area (Å²) in [6, 6.07) is 5.42. The third-order valence-electron chi connectivity index (χ3n) is 2.40. The van der Waals surface area contributed by atoms with Crippen LogP contribution in [0.1, 0.15) is 5.82 Å². The highest BCUT2D eigenvalue weighted by molar-refractivity contribution is 6.30. The maximum absolute atomic E-state index is 5.94. The number of methoxy groups -OCH3 is 1. The van der Waals surface area contributed by atoms with Crippen LogP contribution < -0.4 is 10.1 Å². The molecule has 1 heterocycles. The molecule has 5 nitrogen and oxygen atoms in total. The van der Waals surface area contributed by atoms with Crippen molar-refractivity contribution < 1.29 is 4.74 Å². The van der Waals surface area contributed by atoms with Crippen molar-refractivity contribution in [3.63, 3.8) is 0 Å². The molecule has 0 unspecified atom stereocenters. The maximum atomic E-state index is 5.94. The summed E-state index contributed by atoms with van der Waals surface area (Å²) in [7, 11) is 3.47. The molecule has 6 heteroatoms. The fourth-order valence-corrected chi connectivity index (χ4v) is 1.64. The molecular formula is C11H13ClN4O. The molecular weight excluding hydrogens is 240 g/mol. The second kappa shape index (κ2) is 5.05. The molecule has 17 heavy (non-hydrogen) atoms. The summed E-state index contributed by atoms with van der Waals surface area (Å²) < 4.78 is 6.95. The lowest BCUT2D eigenvalue weighted by atomic mass is 10.3. The smallest absolute Gasteiger partial charge is 0.145 e. The van der Waals surface area contributed by atoms with Gasteiger partial charge in [0.15, 0.2) is 0 Å². The Morgan fingerprint density at radius 1 is 1.47 bits per heavy atom. The van der Waals surface area contributed by atoms with Crippen LogP contribution >= 0.6 is 11.6 Å². The van der Waals surface area contributed by atoms with Crippen LogP contribution in [0.25, 0.3) is 0 Å². The highest BCUT2D eigenvalue weighted by Gasteiger charge is 2.05. The number of halogens is 1. The summed E-state index contributed by atoms with van der Waals surface area (Å²) in [4.78, 5) is 4.12. The highest BCUT2D eigenvalue weighted by Crippen LogP contribution is 2.27. The van der Waals surface area contributed by atoms with E-state index in [9.17, 15) is 0 Å². The fraction of sp³-hybridized carbons (Fsp3) is 0.273. The van der Waals surface area contributed by atoms with Gasteiger partial charge in [0.05, 0.1) is 19.3 Å². The normalized spacial score (nSPS) is 10.3. The monoisotopic (exact) mass is 252 g/mol. The van der Waals surface area contributed by atoms with E-state index >= 15 is 0 Å². The van der Waals surface area contributed by atoms with E-state index in [1.54, 1.807) is 17.9 Å².